The Morgan fingerprint density at radius 3 is 1.90 bits per heavy atom. The molecule has 118 valence electrons. The number of carbonyl (C=O) groups excluding carboxylic acids is 1. The van der Waals surface area contributed by atoms with E-state index in [-0.39, 0.29) is 0 Å². The van der Waals surface area contributed by atoms with Crippen LogP contribution < -0.4 is 0 Å². The van der Waals surface area contributed by atoms with Crippen LogP contribution in [-0.2, 0) is 14.3 Å². The number of carboxylic acid groups (broad SMARTS) is 1. The minimum Gasteiger partial charge on any atom is -0.481 e. The van der Waals surface area contributed by atoms with Gasteiger partial charge in [0.15, 0.2) is 6.10 Å². The van der Waals surface area contributed by atoms with Crippen LogP contribution in [0, 0.1) is 0 Å². The van der Waals surface area contributed by atoms with Crippen molar-refractivity contribution in [1.29, 1.82) is 0 Å². The van der Waals surface area contributed by atoms with Gasteiger partial charge in [-0.2, -0.15) is 0 Å². The number of aliphatic carboxylic acids is 1. The van der Waals surface area contributed by atoms with Crippen molar-refractivity contribution in [3.8, 4) is 0 Å². The van der Waals surface area contributed by atoms with E-state index in [0.717, 1.165) is 0 Å². The second-order valence-electron chi connectivity index (χ2n) is 4.04. The standard InChI is InChI=1S/C10H18O10/c11-2-5(13)8(17)9(18)6(14)3-20-10(19)4(12)1-7(15)16/h4-6,8-9,11-14,17-18H,1-3H2,(H,15,16)/t4?,5-,6+,8-,9-/m1/s1. The number of carbonyl (C=O) groups is 2. The van der Waals surface area contributed by atoms with Gasteiger partial charge in [0.1, 0.15) is 31.0 Å². The van der Waals surface area contributed by atoms with Crippen LogP contribution >= 0.6 is 0 Å². The van der Waals surface area contributed by atoms with Crippen LogP contribution in [0.4, 0.5) is 0 Å². The van der Waals surface area contributed by atoms with E-state index in [9.17, 15) is 24.9 Å². The number of ether oxygens (including phenoxy) is 1. The Hall–Kier alpha value is -1.30. The first-order chi connectivity index (χ1) is 9.20. The van der Waals surface area contributed by atoms with Crippen molar-refractivity contribution < 1.29 is 50.1 Å². The van der Waals surface area contributed by atoms with Crippen LogP contribution in [0.25, 0.3) is 0 Å². The largest absolute Gasteiger partial charge is 0.481 e. The molecule has 0 aromatic carbocycles. The molecular weight excluding hydrogens is 280 g/mol. The van der Waals surface area contributed by atoms with Crippen LogP contribution in [0.5, 0.6) is 0 Å². The van der Waals surface area contributed by atoms with Crippen molar-refractivity contribution in [3.63, 3.8) is 0 Å². The monoisotopic (exact) mass is 298 g/mol. The van der Waals surface area contributed by atoms with Crippen LogP contribution in [0.1, 0.15) is 6.42 Å². The van der Waals surface area contributed by atoms with Crippen molar-refractivity contribution in [2.45, 2.75) is 36.9 Å². The summed E-state index contributed by atoms with van der Waals surface area (Å²) in [4.78, 5) is 21.3. The molecule has 5 atom stereocenters. The van der Waals surface area contributed by atoms with Gasteiger partial charge >= 0.3 is 11.9 Å². The molecule has 0 saturated carbocycles. The van der Waals surface area contributed by atoms with Gasteiger partial charge in [-0.3, -0.25) is 4.79 Å². The summed E-state index contributed by atoms with van der Waals surface area (Å²) in [7, 11) is 0. The van der Waals surface area contributed by atoms with Crippen LogP contribution in [-0.4, -0.2) is 91.4 Å². The highest BCUT2D eigenvalue weighted by Gasteiger charge is 2.31. The molecule has 0 aromatic rings. The quantitative estimate of drug-likeness (QED) is 0.206. The molecule has 0 rings (SSSR count). The maximum atomic E-state index is 11.1. The molecule has 7 N–H and O–H groups in total. The molecule has 0 radical (unpaired) electrons. The van der Waals surface area contributed by atoms with Crippen molar-refractivity contribution in [3.05, 3.63) is 0 Å². The summed E-state index contributed by atoms with van der Waals surface area (Å²) < 4.78 is 4.33. The van der Waals surface area contributed by atoms with Gasteiger partial charge in [-0.25, -0.2) is 4.79 Å². The summed E-state index contributed by atoms with van der Waals surface area (Å²) in [6.07, 6.45) is -10.1. The lowest BCUT2D eigenvalue weighted by atomic mass is 10.0. The maximum absolute atomic E-state index is 11.1. The normalized spacial score (nSPS) is 18.7. The van der Waals surface area contributed by atoms with Gasteiger partial charge in [-0.15, -0.1) is 0 Å². The molecule has 0 fully saturated rings. The molecule has 0 heterocycles. The van der Waals surface area contributed by atoms with E-state index in [0.29, 0.717) is 0 Å². The summed E-state index contributed by atoms with van der Waals surface area (Å²) in [6, 6.07) is 0. The lowest BCUT2D eigenvalue weighted by Crippen LogP contribution is -2.47. The van der Waals surface area contributed by atoms with E-state index in [1.165, 1.54) is 0 Å². The number of esters is 1. The number of hydrogen-bond acceptors (Lipinski definition) is 9. The highest BCUT2D eigenvalue weighted by Crippen LogP contribution is 2.06. The number of carboxylic acids is 1. The first-order valence-corrected chi connectivity index (χ1v) is 5.60. The van der Waals surface area contributed by atoms with Crippen LogP contribution in [0.3, 0.4) is 0 Å². The van der Waals surface area contributed by atoms with E-state index in [1.54, 1.807) is 0 Å². The first kappa shape index (κ1) is 18.7. The minimum absolute atomic E-state index is 0.841. The molecule has 0 spiro atoms. The molecule has 0 bridgehead atoms. The Labute approximate surface area is 113 Å². The van der Waals surface area contributed by atoms with Gasteiger partial charge in [0.25, 0.3) is 0 Å². The Kier molecular flexibility index (Phi) is 8.22. The van der Waals surface area contributed by atoms with Gasteiger partial charge < -0.3 is 40.5 Å². The van der Waals surface area contributed by atoms with Gasteiger partial charge in [0.2, 0.25) is 0 Å². The summed E-state index contributed by atoms with van der Waals surface area (Å²) in [5, 5.41) is 62.9. The van der Waals surface area contributed by atoms with Gasteiger partial charge in [0, 0.05) is 0 Å². The lowest BCUT2D eigenvalue weighted by Gasteiger charge is -2.25. The fourth-order valence-corrected chi connectivity index (χ4v) is 1.17. The predicted octanol–water partition coefficient (Wildman–Crippen LogP) is -4.20. The Bertz CT molecular complexity index is 319. The number of aliphatic hydroxyl groups is 6. The molecule has 20 heavy (non-hydrogen) atoms. The molecule has 1 unspecified atom stereocenters. The summed E-state index contributed by atoms with van der Waals surface area (Å²) in [5.74, 6) is -2.76. The zero-order valence-electron chi connectivity index (χ0n) is 10.4. The third kappa shape index (κ3) is 6.23. The molecule has 0 aromatic heterocycles. The van der Waals surface area contributed by atoms with E-state index >= 15 is 0 Å². The SMILES string of the molecule is O=C(O)CC(O)C(=O)OC[C@H](O)[C@@H](O)[C@H](O)[C@H](O)CO. The highest BCUT2D eigenvalue weighted by atomic mass is 16.6. The second kappa shape index (κ2) is 8.79. The van der Waals surface area contributed by atoms with Crippen LogP contribution in [0.2, 0.25) is 0 Å². The van der Waals surface area contributed by atoms with Crippen molar-refractivity contribution in [1.82, 2.24) is 0 Å². The highest BCUT2D eigenvalue weighted by molar-refractivity contribution is 5.80. The molecule has 10 heteroatoms. The van der Waals surface area contributed by atoms with Gasteiger partial charge in [-0.05, 0) is 0 Å². The Balaban J connectivity index is 4.24. The first-order valence-electron chi connectivity index (χ1n) is 5.60. The summed E-state index contributed by atoms with van der Waals surface area (Å²) >= 11 is 0. The zero-order chi connectivity index (χ0) is 15.9. The van der Waals surface area contributed by atoms with E-state index in [2.05, 4.69) is 4.74 Å². The number of rotatable bonds is 9. The summed E-state index contributed by atoms with van der Waals surface area (Å²) in [5.41, 5.74) is 0. The molecule has 0 aliphatic heterocycles. The van der Waals surface area contributed by atoms with Gasteiger partial charge in [-0.1, -0.05) is 0 Å². The number of aliphatic hydroxyl groups excluding tert-OH is 6. The second-order valence-corrected chi connectivity index (χ2v) is 4.04. The fraction of sp³-hybridized carbons (Fsp3) is 0.800. The van der Waals surface area contributed by atoms with Crippen molar-refractivity contribution >= 4 is 11.9 Å². The molecular formula is C10H18O10. The molecule has 10 nitrogen and oxygen atoms in total. The van der Waals surface area contributed by atoms with Crippen molar-refractivity contribution in [2.24, 2.45) is 0 Å². The Morgan fingerprint density at radius 1 is 0.950 bits per heavy atom. The number of hydrogen-bond donors (Lipinski definition) is 7. The maximum Gasteiger partial charge on any atom is 0.335 e. The lowest BCUT2D eigenvalue weighted by molar-refractivity contribution is -0.167. The zero-order valence-corrected chi connectivity index (χ0v) is 10.4. The van der Waals surface area contributed by atoms with Gasteiger partial charge in [0.05, 0.1) is 13.0 Å². The molecule has 0 aliphatic rings. The fourth-order valence-electron chi connectivity index (χ4n) is 1.17. The van der Waals surface area contributed by atoms with Crippen molar-refractivity contribution in [2.75, 3.05) is 13.2 Å². The smallest absolute Gasteiger partial charge is 0.335 e. The van der Waals surface area contributed by atoms with E-state index < -0.39 is 62.1 Å². The topological polar surface area (TPSA) is 185 Å². The average Bonchev–Trinajstić information content (AvgIpc) is 2.40. The average molecular weight is 298 g/mol. The predicted molar refractivity (Wildman–Crippen MR) is 60.3 cm³/mol. The van der Waals surface area contributed by atoms with Crippen LogP contribution in [0.15, 0.2) is 0 Å². The van der Waals surface area contributed by atoms with E-state index in [1.807, 2.05) is 0 Å². The molecule has 0 amide bonds. The third-order valence-electron chi connectivity index (χ3n) is 2.36. The summed E-state index contributed by atoms with van der Waals surface area (Å²) in [6.45, 7) is -1.70. The third-order valence-corrected chi connectivity index (χ3v) is 2.36. The van der Waals surface area contributed by atoms with E-state index in [4.69, 9.17) is 20.4 Å². The molecule has 0 saturated heterocycles. The molecule has 0 aliphatic carbocycles. The minimum atomic E-state index is -1.93. The Morgan fingerprint density at radius 2 is 1.45 bits per heavy atom.